The lowest BCUT2D eigenvalue weighted by molar-refractivity contribution is 0.0600. The SMILES string of the molecule is COC(=O)c1cc(O)c2c(c1)N(C(=O)OCc1ccccc1)CCC2. The molecule has 0 spiro atoms. The van der Waals surface area contributed by atoms with Crippen LogP contribution in [0, 0.1) is 0 Å². The van der Waals surface area contributed by atoms with Gasteiger partial charge in [-0.05, 0) is 30.5 Å². The molecule has 0 aromatic heterocycles. The maximum atomic E-state index is 12.5. The van der Waals surface area contributed by atoms with Gasteiger partial charge in [-0.1, -0.05) is 30.3 Å². The van der Waals surface area contributed by atoms with E-state index in [9.17, 15) is 14.7 Å². The van der Waals surface area contributed by atoms with Gasteiger partial charge in [0.05, 0.1) is 18.4 Å². The zero-order chi connectivity index (χ0) is 17.8. The van der Waals surface area contributed by atoms with Gasteiger partial charge in [-0.3, -0.25) is 4.90 Å². The molecule has 1 N–H and O–H groups in total. The molecule has 0 fully saturated rings. The number of carbonyl (C=O) groups excluding carboxylic acids is 2. The molecule has 0 saturated carbocycles. The summed E-state index contributed by atoms with van der Waals surface area (Å²) in [4.78, 5) is 25.7. The number of fused-ring (bicyclic) bond motifs is 1. The number of amides is 1. The molecule has 0 atom stereocenters. The molecule has 2 aromatic carbocycles. The van der Waals surface area contributed by atoms with Gasteiger partial charge in [-0.2, -0.15) is 0 Å². The molecule has 1 heterocycles. The second-order valence-corrected chi connectivity index (χ2v) is 5.78. The van der Waals surface area contributed by atoms with Gasteiger partial charge >= 0.3 is 12.1 Å². The Balaban J connectivity index is 1.83. The smallest absolute Gasteiger partial charge is 0.414 e. The first kappa shape index (κ1) is 16.8. The predicted molar refractivity (Wildman–Crippen MR) is 91.7 cm³/mol. The van der Waals surface area contributed by atoms with Crippen molar-refractivity contribution in [3.05, 3.63) is 59.2 Å². The zero-order valence-corrected chi connectivity index (χ0v) is 13.9. The average molecular weight is 341 g/mol. The highest BCUT2D eigenvalue weighted by molar-refractivity contribution is 5.95. The van der Waals surface area contributed by atoms with Crippen molar-refractivity contribution in [3.8, 4) is 5.75 Å². The Bertz CT molecular complexity index is 788. The maximum Gasteiger partial charge on any atom is 0.414 e. The molecule has 0 bridgehead atoms. The van der Waals surface area contributed by atoms with E-state index in [2.05, 4.69) is 0 Å². The van der Waals surface area contributed by atoms with Crippen molar-refractivity contribution in [1.29, 1.82) is 0 Å². The van der Waals surface area contributed by atoms with Crippen LogP contribution in [0.15, 0.2) is 42.5 Å². The first-order valence-electron chi connectivity index (χ1n) is 8.02. The van der Waals surface area contributed by atoms with Crippen LogP contribution in [0.1, 0.15) is 27.9 Å². The number of phenols is 1. The number of esters is 1. The molecule has 6 heteroatoms. The second kappa shape index (κ2) is 7.25. The Hall–Kier alpha value is -3.02. The van der Waals surface area contributed by atoms with E-state index < -0.39 is 12.1 Å². The van der Waals surface area contributed by atoms with Crippen LogP contribution >= 0.6 is 0 Å². The number of nitrogens with zero attached hydrogens (tertiary/aromatic N) is 1. The Morgan fingerprint density at radius 2 is 1.96 bits per heavy atom. The molecule has 3 rings (SSSR count). The molecule has 2 aromatic rings. The summed E-state index contributed by atoms with van der Waals surface area (Å²) in [5.74, 6) is -0.584. The summed E-state index contributed by atoms with van der Waals surface area (Å²) in [6.07, 6.45) is 0.829. The summed E-state index contributed by atoms with van der Waals surface area (Å²) in [6.45, 7) is 0.624. The van der Waals surface area contributed by atoms with Gasteiger partial charge in [0.15, 0.2) is 0 Å². The zero-order valence-electron chi connectivity index (χ0n) is 13.9. The number of benzene rings is 2. The monoisotopic (exact) mass is 341 g/mol. The van der Waals surface area contributed by atoms with E-state index in [-0.39, 0.29) is 17.9 Å². The van der Waals surface area contributed by atoms with Gasteiger partial charge in [-0.25, -0.2) is 9.59 Å². The largest absolute Gasteiger partial charge is 0.508 e. The molecule has 0 radical (unpaired) electrons. The van der Waals surface area contributed by atoms with Crippen LogP contribution in [-0.4, -0.2) is 30.8 Å². The Kier molecular flexibility index (Phi) is 4.88. The average Bonchev–Trinajstić information content (AvgIpc) is 2.65. The number of hydrogen-bond acceptors (Lipinski definition) is 5. The van der Waals surface area contributed by atoms with Gasteiger partial charge < -0.3 is 14.6 Å². The standard InChI is InChI=1S/C19H19NO5/c1-24-18(22)14-10-16-15(17(21)11-14)8-5-9-20(16)19(23)25-12-13-6-3-2-4-7-13/h2-4,6-7,10-11,21H,5,8-9,12H2,1H3. The van der Waals surface area contributed by atoms with E-state index in [1.54, 1.807) is 6.07 Å². The highest BCUT2D eigenvalue weighted by atomic mass is 16.6. The minimum Gasteiger partial charge on any atom is -0.508 e. The van der Waals surface area contributed by atoms with Gasteiger partial charge in [-0.15, -0.1) is 0 Å². The molecular weight excluding hydrogens is 322 g/mol. The van der Waals surface area contributed by atoms with Crippen LogP contribution in [-0.2, 0) is 22.5 Å². The normalized spacial score (nSPS) is 13.1. The third-order valence-electron chi connectivity index (χ3n) is 4.15. The summed E-state index contributed by atoms with van der Waals surface area (Å²) >= 11 is 0. The van der Waals surface area contributed by atoms with Gasteiger partial charge in [0.1, 0.15) is 12.4 Å². The minimum absolute atomic E-state index is 0.0153. The first-order valence-corrected chi connectivity index (χ1v) is 8.02. The van der Waals surface area contributed by atoms with Crippen molar-refractivity contribution in [3.63, 3.8) is 0 Å². The van der Waals surface area contributed by atoms with Crippen molar-refractivity contribution in [2.24, 2.45) is 0 Å². The number of methoxy groups -OCH3 is 1. The van der Waals surface area contributed by atoms with Crippen LogP contribution in [0.2, 0.25) is 0 Å². The number of hydrogen-bond donors (Lipinski definition) is 1. The fraction of sp³-hybridized carbons (Fsp3) is 0.263. The Morgan fingerprint density at radius 1 is 1.20 bits per heavy atom. The lowest BCUT2D eigenvalue weighted by Crippen LogP contribution is -2.36. The molecule has 1 amide bonds. The van der Waals surface area contributed by atoms with Gasteiger partial charge in [0.25, 0.3) is 0 Å². The van der Waals surface area contributed by atoms with E-state index in [0.717, 1.165) is 5.56 Å². The van der Waals surface area contributed by atoms with Crippen LogP contribution in [0.3, 0.4) is 0 Å². The van der Waals surface area contributed by atoms with Gasteiger partial charge in [0.2, 0.25) is 0 Å². The lowest BCUT2D eigenvalue weighted by Gasteiger charge is -2.29. The van der Waals surface area contributed by atoms with Crippen LogP contribution in [0.4, 0.5) is 10.5 Å². The highest BCUT2D eigenvalue weighted by Gasteiger charge is 2.27. The summed E-state index contributed by atoms with van der Waals surface area (Å²) < 4.78 is 10.1. The second-order valence-electron chi connectivity index (χ2n) is 5.78. The van der Waals surface area contributed by atoms with E-state index in [4.69, 9.17) is 9.47 Å². The van der Waals surface area contributed by atoms with Crippen molar-refractivity contribution < 1.29 is 24.2 Å². The number of ether oxygens (including phenoxy) is 2. The van der Waals surface area contributed by atoms with Crippen molar-refractivity contribution in [2.75, 3.05) is 18.6 Å². The van der Waals surface area contributed by atoms with E-state index in [0.29, 0.717) is 30.6 Å². The fourth-order valence-corrected chi connectivity index (χ4v) is 2.90. The molecule has 1 aliphatic rings. The molecule has 0 saturated heterocycles. The lowest BCUT2D eigenvalue weighted by atomic mass is 9.98. The molecule has 6 nitrogen and oxygen atoms in total. The maximum absolute atomic E-state index is 12.5. The molecule has 0 unspecified atom stereocenters. The van der Waals surface area contributed by atoms with Crippen LogP contribution < -0.4 is 4.90 Å². The summed E-state index contributed by atoms with van der Waals surface area (Å²) in [7, 11) is 1.27. The molecule has 130 valence electrons. The number of aromatic hydroxyl groups is 1. The van der Waals surface area contributed by atoms with Crippen molar-refractivity contribution >= 4 is 17.7 Å². The topological polar surface area (TPSA) is 76.1 Å². The van der Waals surface area contributed by atoms with E-state index >= 15 is 0 Å². The molecule has 1 aliphatic heterocycles. The molecular formula is C19H19NO5. The van der Waals surface area contributed by atoms with Crippen molar-refractivity contribution in [2.45, 2.75) is 19.4 Å². The molecule has 0 aliphatic carbocycles. The Labute approximate surface area is 145 Å². The third kappa shape index (κ3) is 3.57. The third-order valence-corrected chi connectivity index (χ3v) is 4.15. The number of phenolic OH excluding ortho intramolecular Hbond substituents is 1. The summed E-state index contributed by atoms with van der Waals surface area (Å²) in [6, 6.07) is 12.3. The fourth-order valence-electron chi connectivity index (χ4n) is 2.90. The number of carbonyl (C=O) groups is 2. The first-order chi connectivity index (χ1) is 12.1. The molecule has 25 heavy (non-hydrogen) atoms. The minimum atomic E-state index is -0.568. The quantitative estimate of drug-likeness (QED) is 0.867. The van der Waals surface area contributed by atoms with E-state index in [1.165, 1.54) is 18.1 Å². The van der Waals surface area contributed by atoms with E-state index in [1.807, 2.05) is 30.3 Å². The summed E-state index contributed by atoms with van der Waals surface area (Å²) in [5.41, 5.74) is 2.21. The number of rotatable bonds is 3. The van der Waals surface area contributed by atoms with Crippen LogP contribution in [0.25, 0.3) is 0 Å². The van der Waals surface area contributed by atoms with Crippen molar-refractivity contribution in [1.82, 2.24) is 0 Å². The number of anilines is 1. The highest BCUT2D eigenvalue weighted by Crippen LogP contribution is 2.35. The predicted octanol–water partition coefficient (Wildman–Crippen LogP) is 3.27. The summed E-state index contributed by atoms with van der Waals surface area (Å²) in [5, 5.41) is 10.2. The van der Waals surface area contributed by atoms with Crippen LogP contribution in [0.5, 0.6) is 5.75 Å². The Morgan fingerprint density at radius 3 is 2.68 bits per heavy atom. The van der Waals surface area contributed by atoms with Gasteiger partial charge in [0, 0.05) is 12.1 Å².